The number of nitrogens with zero attached hydrogens (tertiary/aromatic N) is 5. The van der Waals surface area contributed by atoms with E-state index in [1.54, 1.807) is 28.9 Å². The normalized spacial score (nSPS) is 10.8. The van der Waals surface area contributed by atoms with Gasteiger partial charge < -0.3 is 5.11 Å². The second-order valence-corrected chi connectivity index (χ2v) is 6.31. The summed E-state index contributed by atoms with van der Waals surface area (Å²) in [5, 5.41) is 23.4. The van der Waals surface area contributed by atoms with Crippen LogP contribution >= 0.6 is 39.0 Å². The van der Waals surface area contributed by atoms with Crippen LogP contribution in [0.5, 0.6) is 5.75 Å². The van der Waals surface area contributed by atoms with Crippen LogP contribution in [0.1, 0.15) is 0 Å². The largest absolute Gasteiger partial charge is 0.508 e. The van der Waals surface area contributed by atoms with E-state index in [0.29, 0.717) is 5.16 Å². The second-order valence-electron chi connectivity index (χ2n) is 3.43. The van der Waals surface area contributed by atoms with Crippen molar-refractivity contribution in [3.63, 3.8) is 0 Å². The number of benzene rings is 1. The number of aromatic hydroxyl groups is 1. The molecular formula is C10H6BrN5OS2. The zero-order valence-corrected chi connectivity index (χ0v) is 12.5. The van der Waals surface area contributed by atoms with Gasteiger partial charge in [-0.05, 0) is 62.4 Å². The van der Waals surface area contributed by atoms with Crippen LogP contribution in [0.2, 0.25) is 0 Å². The summed E-state index contributed by atoms with van der Waals surface area (Å²) in [6.45, 7) is 0. The molecule has 96 valence electrons. The second kappa shape index (κ2) is 5.27. The minimum atomic E-state index is 0.204. The lowest BCUT2D eigenvalue weighted by Crippen LogP contribution is -1.98. The van der Waals surface area contributed by atoms with Gasteiger partial charge in [0.25, 0.3) is 0 Å². The summed E-state index contributed by atoms with van der Waals surface area (Å²) in [4.78, 5) is 4.28. The van der Waals surface area contributed by atoms with E-state index in [9.17, 15) is 5.11 Å². The Morgan fingerprint density at radius 3 is 2.74 bits per heavy atom. The third-order valence-corrected chi connectivity index (χ3v) is 4.75. The predicted molar refractivity (Wildman–Crippen MR) is 74.8 cm³/mol. The predicted octanol–water partition coefficient (Wildman–Crippen LogP) is 2.74. The van der Waals surface area contributed by atoms with E-state index in [0.717, 1.165) is 14.6 Å². The van der Waals surface area contributed by atoms with Gasteiger partial charge in [0.15, 0.2) is 4.34 Å². The molecule has 6 nitrogen and oxygen atoms in total. The molecule has 1 N–H and O–H groups in total. The molecule has 0 saturated carbocycles. The average molecular weight is 356 g/mol. The van der Waals surface area contributed by atoms with E-state index < -0.39 is 0 Å². The smallest absolute Gasteiger partial charge is 0.221 e. The fraction of sp³-hybridized carbons (Fsp3) is 0. The number of halogens is 1. The van der Waals surface area contributed by atoms with E-state index in [1.807, 2.05) is 5.38 Å². The number of phenolic OH excluding ortho intramolecular Hbond substituents is 1. The maximum atomic E-state index is 9.28. The summed E-state index contributed by atoms with van der Waals surface area (Å²) >= 11 is 6.20. The number of tetrazole rings is 1. The van der Waals surface area contributed by atoms with Crippen LogP contribution in [0, 0.1) is 0 Å². The first-order valence-corrected chi connectivity index (χ1v) is 7.58. The van der Waals surface area contributed by atoms with Gasteiger partial charge in [-0.15, -0.1) is 16.4 Å². The van der Waals surface area contributed by atoms with Gasteiger partial charge in [0.05, 0.1) is 5.69 Å². The van der Waals surface area contributed by atoms with Gasteiger partial charge in [-0.1, -0.05) is 0 Å². The molecule has 0 radical (unpaired) electrons. The van der Waals surface area contributed by atoms with Crippen LogP contribution in [0.3, 0.4) is 0 Å². The monoisotopic (exact) mass is 355 g/mol. The number of aromatic nitrogens is 5. The van der Waals surface area contributed by atoms with Crippen molar-refractivity contribution in [3.8, 4) is 11.4 Å². The van der Waals surface area contributed by atoms with Gasteiger partial charge in [-0.3, -0.25) is 0 Å². The molecule has 2 aromatic heterocycles. The SMILES string of the molecule is Oc1ccc(-n2nnnc2Sc2nc(Br)cs2)cc1. The summed E-state index contributed by atoms with van der Waals surface area (Å²) in [5.74, 6) is 0.204. The number of phenols is 1. The molecule has 0 atom stereocenters. The molecule has 0 aliphatic carbocycles. The Morgan fingerprint density at radius 1 is 1.26 bits per heavy atom. The van der Waals surface area contributed by atoms with E-state index >= 15 is 0 Å². The van der Waals surface area contributed by atoms with Gasteiger partial charge >= 0.3 is 0 Å². The number of hydrogen-bond donors (Lipinski definition) is 1. The van der Waals surface area contributed by atoms with E-state index in [2.05, 4.69) is 36.4 Å². The first-order valence-electron chi connectivity index (χ1n) is 5.09. The van der Waals surface area contributed by atoms with Gasteiger partial charge in [-0.2, -0.15) is 4.68 Å². The third-order valence-electron chi connectivity index (χ3n) is 2.17. The quantitative estimate of drug-likeness (QED) is 0.778. The molecule has 2 heterocycles. The fourth-order valence-electron chi connectivity index (χ4n) is 1.36. The Bertz CT molecular complexity index is 696. The summed E-state index contributed by atoms with van der Waals surface area (Å²) in [6, 6.07) is 6.66. The molecule has 0 aliphatic rings. The Labute approximate surface area is 124 Å². The van der Waals surface area contributed by atoms with Crippen LogP contribution in [0.15, 0.2) is 43.7 Å². The molecule has 0 aliphatic heterocycles. The van der Waals surface area contributed by atoms with Crippen molar-refractivity contribution >= 4 is 39.0 Å². The van der Waals surface area contributed by atoms with Crippen LogP contribution in [0.25, 0.3) is 5.69 Å². The standard InChI is InChI=1S/C10H6BrN5OS2/c11-8-5-18-10(12-8)19-9-13-14-15-16(9)6-1-3-7(17)4-2-6/h1-5,17H. The molecule has 9 heteroatoms. The molecular weight excluding hydrogens is 350 g/mol. The lowest BCUT2D eigenvalue weighted by molar-refractivity contribution is 0.475. The van der Waals surface area contributed by atoms with Crippen molar-refractivity contribution in [2.45, 2.75) is 9.50 Å². The van der Waals surface area contributed by atoms with Crippen molar-refractivity contribution in [2.75, 3.05) is 0 Å². The Balaban J connectivity index is 1.92. The van der Waals surface area contributed by atoms with Gasteiger partial charge in [-0.25, -0.2) is 4.98 Å². The molecule has 0 amide bonds. The molecule has 0 bridgehead atoms. The molecule has 0 spiro atoms. The van der Waals surface area contributed by atoms with Crippen LogP contribution in [-0.4, -0.2) is 30.3 Å². The van der Waals surface area contributed by atoms with Crippen LogP contribution in [0.4, 0.5) is 0 Å². The van der Waals surface area contributed by atoms with E-state index in [4.69, 9.17) is 0 Å². The van der Waals surface area contributed by atoms with E-state index in [1.165, 1.54) is 23.1 Å². The maximum absolute atomic E-state index is 9.28. The summed E-state index contributed by atoms with van der Waals surface area (Å²) in [7, 11) is 0. The van der Waals surface area contributed by atoms with Gasteiger partial charge in [0, 0.05) is 5.38 Å². The topological polar surface area (TPSA) is 76.7 Å². The van der Waals surface area contributed by atoms with E-state index in [-0.39, 0.29) is 5.75 Å². The van der Waals surface area contributed by atoms with Crippen molar-refractivity contribution < 1.29 is 5.11 Å². The highest BCUT2D eigenvalue weighted by molar-refractivity contribution is 9.10. The molecule has 0 fully saturated rings. The molecule has 3 aromatic rings. The van der Waals surface area contributed by atoms with Crippen molar-refractivity contribution in [2.24, 2.45) is 0 Å². The van der Waals surface area contributed by atoms with Gasteiger partial charge in [0.2, 0.25) is 5.16 Å². The molecule has 19 heavy (non-hydrogen) atoms. The highest BCUT2D eigenvalue weighted by Gasteiger charge is 2.12. The van der Waals surface area contributed by atoms with Crippen LogP contribution < -0.4 is 0 Å². The number of hydrogen-bond acceptors (Lipinski definition) is 7. The van der Waals surface area contributed by atoms with Crippen LogP contribution in [-0.2, 0) is 0 Å². The average Bonchev–Trinajstić information content (AvgIpc) is 3.00. The summed E-state index contributed by atoms with van der Waals surface area (Å²) < 4.78 is 3.24. The number of thiazole rings is 1. The molecule has 0 unspecified atom stereocenters. The highest BCUT2D eigenvalue weighted by atomic mass is 79.9. The zero-order chi connectivity index (χ0) is 13.2. The zero-order valence-electron chi connectivity index (χ0n) is 9.26. The minimum Gasteiger partial charge on any atom is -0.508 e. The van der Waals surface area contributed by atoms with Crippen molar-refractivity contribution in [1.82, 2.24) is 25.2 Å². The minimum absolute atomic E-state index is 0.204. The molecule has 1 aromatic carbocycles. The third kappa shape index (κ3) is 2.77. The first-order chi connectivity index (χ1) is 9.22. The number of rotatable bonds is 3. The summed E-state index contributed by atoms with van der Waals surface area (Å²) in [6.07, 6.45) is 0. The van der Waals surface area contributed by atoms with Crippen molar-refractivity contribution in [1.29, 1.82) is 0 Å². The lowest BCUT2D eigenvalue weighted by Gasteiger charge is -2.02. The Morgan fingerprint density at radius 2 is 2.05 bits per heavy atom. The Hall–Kier alpha value is -1.45. The maximum Gasteiger partial charge on any atom is 0.221 e. The fourth-order valence-corrected chi connectivity index (χ4v) is 3.62. The van der Waals surface area contributed by atoms with Gasteiger partial charge in [0.1, 0.15) is 10.4 Å². The molecule has 3 rings (SSSR count). The molecule has 0 saturated heterocycles. The lowest BCUT2D eigenvalue weighted by atomic mass is 10.3. The Kier molecular flexibility index (Phi) is 3.49. The first kappa shape index (κ1) is 12.6. The highest BCUT2D eigenvalue weighted by Crippen LogP contribution is 2.31. The van der Waals surface area contributed by atoms with Crippen molar-refractivity contribution in [3.05, 3.63) is 34.2 Å². The summed E-state index contributed by atoms with van der Waals surface area (Å²) in [5.41, 5.74) is 0.779.